The Bertz CT molecular complexity index is 463. The van der Waals surface area contributed by atoms with Gasteiger partial charge in [-0.2, -0.15) is 5.26 Å². The van der Waals surface area contributed by atoms with Crippen LogP contribution in [0.5, 0.6) is 0 Å². The van der Waals surface area contributed by atoms with Crippen molar-refractivity contribution in [3.05, 3.63) is 17.8 Å². The van der Waals surface area contributed by atoms with Crippen LogP contribution in [0, 0.1) is 11.3 Å². The van der Waals surface area contributed by atoms with E-state index in [0.717, 1.165) is 25.3 Å². The van der Waals surface area contributed by atoms with E-state index in [-0.39, 0.29) is 0 Å². The molecule has 0 saturated carbocycles. The molecule has 0 spiro atoms. The van der Waals surface area contributed by atoms with Crippen LogP contribution in [0.1, 0.15) is 18.4 Å². The van der Waals surface area contributed by atoms with Crippen LogP contribution in [0.2, 0.25) is 0 Å². The van der Waals surface area contributed by atoms with Crippen LogP contribution in [0.15, 0.2) is 12.3 Å². The number of aromatic nitrogens is 1. The van der Waals surface area contributed by atoms with E-state index in [0.29, 0.717) is 17.3 Å². The van der Waals surface area contributed by atoms with Crippen LogP contribution in [0.25, 0.3) is 0 Å². The maximum atomic E-state index is 8.81. The van der Waals surface area contributed by atoms with Gasteiger partial charge in [0.2, 0.25) is 0 Å². The maximum absolute atomic E-state index is 8.81. The molecule has 1 fully saturated rings. The maximum Gasteiger partial charge on any atom is 0.151 e. The normalized spacial score (nSPS) is 19.9. The standard InChI is InChI=1S/C13H19N5/c1-17(2)11-4-3-5-18(9-11)13-12(15)6-10(7-14)8-16-13/h6,8,11H,3-5,9,15H2,1-2H3. The molecule has 0 aromatic carbocycles. The van der Waals surface area contributed by atoms with Crippen molar-refractivity contribution in [1.29, 1.82) is 5.26 Å². The van der Waals surface area contributed by atoms with Crippen LogP contribution < -0.4 is 10.6 Å². The Balaban J connectivity index is 2.19. The Morgan fingerprint density at radius 1 is 1.56 bits per heavy atom. The molecule has 1 aliphatic rings. The second-order valence-corrected chi connectivity index (χ2v) is 4.95. The lowest BCUT2D eigenvalue weighted by molar-refractivity contribution is 0.257. The summed E-state index contributed by atoms with van der Waals surface area (Å²) >= 11 is 0. The number of piperidine rings is 1. The average Bonchev–Trinajstić information content (AvgIpc) is 2.38. The van der Waals surface area contributed by atoms with Gasteiger partial charge in [-0.1, -0.05) is 0 Å². The van der Waals surface area contributed by atoms with E-state index in [9.17, 15) is 0 Å². The van der Waals surface area contributed by atoms with E-state index >= 15 is 0 Å². The molecule has 1 atom stereocenters. The number of nitrogens with two attached hydrogens (primary N) is 1. The summed E-state index contributed by atoms with van der Waals surface area (Å²) in [5, 5.41) is 8.81. The molecule has 0 aliphatic carbocycles. The number of hydrogen-bond acceptors (Lipinski definition) is 5. The molecule has 1 saturated heterocycles. The van der Waals surface area contributed by atoms with Gasteiger partial charge in [-0.25, -0.2) is 4.98 Å². The van der Waals surface area contributed by atoms with E-state index in [1.165, 1.54) is 6.42 Å². The van der Waals surface area contributed by atoms with E-state index in [4.69, 9.17) is 11.0 Å². The Kier molecular flexibility index (Phi) is 3.68. The number of pyridine rings is 1. The van der Waals surface area contributed by atoms with Crippen LogP contribution in [0.4, 0.5) is 11.5 Å². The van der Waals surface area contributed by atoms with Gasteiger partial charge < -0.3 is 15.5 Å². The number of nitrogens with zero attached hydrogens (tertiary/aromatic N) is 4. The lowest BCUT2D eigenvalue weighted by atomic mass is 10.0. The van der Waals surface area contributed by atoms with Crippen molar-refractivity contribution in [3.8, 4) is 6.07 Å². The van der Waals surface area contributed by atoms with E-state index in [1.807, 2.05) is 0 Å². The highest BCUT2D eigenvalue weighted by Gasteiger charge is 2.23. The molecule has 1 unspecified atom stereocenters. The largest absolute Gasteiger partial charge is 0.396 e. The van der Waals surface area contributed by atoms with Gasteiger partial charge in [-0.05, 0) is 33.0 Å². The Morgan fingerprint density at radius 2 is 2.33 bits per heavy atom. The minimum Gasteiger partial charge on any atom is -0.396 e. The zero-order valence-electron chi connectivity index (χ0n) is 10.9. The lowest BCUT2D eigenvalue weighted by Gasteiger charge is -2.37. The van der Waals surface area contributed by atoms with Crippen LogP contribution >= 0.6 is 0 Å². The van der Waals surface area contributed by atoms with Crippen LogP contribution in [-0.2, 0) is 0 Å². The first kappa shape index (κ1) is 12.7. The van der Waals surface area contributed by atoms with Gasteiger partial charge in [0, 0.05) is 25.3 Å². The molecule has 2 N–H and O–H groups in total. The fourth-order valence-corrected chi connectivity index (χ4v) is 2.37. The monoisotopic (exact) mass is 245 g/mol. The predicted molar refractivity (Wildman–Crippen MR) is 72.3 cm³/mol. The van der Waals surface area contributed by atoms with Crippen molar-refractivity contribution in [2.24, 2.45) is 0 Å². The van der Waals surface area contributed by atoms with Gasteiger partial charge in [-0.3, -0.25) is 0 Å². The fourth-order valence-electron chi connectivity index (χ4n) is 2.37. The third-order valence-electron chi connectivity index (χ3n) is 3.45. The number of likely N-dealkylation sites (N-methyl/N-ethyl adjacent to an activating group) is 1. The van der Waals surface area contributed by atoms with Crippen molar-refractivity contribution >= 4 is 11.5 Å². The highest BCUT2D eigenvalue weighted by Crippen LogP contribution is 2.25. The third kappa shape index (κ3) is 2.54. The Hall–Kier alpha value is -1.80. The van der Waals surface area contributed by atoms with Gasteiger partial charge in [0.05, 0.1) is 11.3 Å². The summed E-state index contributed by atoms with van der Waals surface area (Å²) in [5.74, 6) is 0.806. The third-order valence-corrected chi connectivity index (χ3v) is 3.45. The van der Waals surface area contributed by atoms with Crippen molar-refractivity contribution in [2.45, 2.75) is 18.9 Å². The number of rotatable bonds is 2. The first-order valence-electron chi connectivity index (χ1n) is 6.19. The van der Waals surface area contributed by atoms with Gasteiger partial charge in [0.25, 0.3) is 0 Å². The first-order valence-corrected chi connectivity index (χ1v) is 6.19. The molecular weight excluding hydrogens is 226 g/mol. The zero-order chi connectivity index (χ0) is 13.1. The summed E-state index contributed by atoms with van der Waals surface area (Å²) in [6.07, 6.45) is 3.94. The van der Waals surface area contributed by atoms with E-state index < -0.39 is 0 Å². The Morgan fingerprint density at radius 3 is 2.94 bits per heavy atom. The van der Waals surface area contributed by atoms with E-state index in [1.54, 1.807) is 12.3 Å². The van der Waals surface area contributed by atoms with Crippen LogP contribution in [0.3, 0.4) is 0 Å². The van der Waals surface area contributed by atoms with Gasteiger partial charge in [0.1, 0.15) is 6.07 Å². The molecule has 5 nitrogen and oxygen atoms in total. The SMILES string of the molecule is CN(C)C1CCCN(c2ncc(C#N)cc2N)C1. The summed E-state index contributed by atoms with van der Waals surface area (Å²) in [6.45, 7) is 1.92. The molecule has 0 radical (unpaired) electrons. The number of hydrogen-bond donors (Lipinski definition) is 1. The molecule has 0 amide bonds. The molecule has 96 valence electrons. The van der Waals surface area contributed by atoms with Crippen molar-refractivity contribution in [2.75, 3.05) is 37.8 Å². The van der Waals surface area contributed by atoms with Gasteiger partial charge in [0.15, 0.2) is 5.82 Å². The zero-order valence-corrected chi connectivity index (χ0v) is 10.9. The molecular formula is C13H19N5. The second-order valence-electron chi connectivity index (χ2n) is 4.95. The van der Waals surface area contributed by atoms with Gasteiger partial charge in [-0.15, -0.1) is 0 Å². The molecule has 18 heavy (non-hydrogen) atoms. The lowest BCUT2D eigenvalue weighted by Crippen LogP contribution is -2.45. The number of anilines is 2. The highest BCUT2D eigenvalue weighted by molar-refractivity contribution is 5.64. The number of nitriles is 1. The summed E-state index contributed by atoms with van der Waals surface area (Å²) in [4.78, 5) is 8.78. The van der Waals surface area contributed by atoms with E-state index in [2.05, 4.69) is 34.9 Å². The highest BCUT2D eigenvalue weighted by atomic mass is 15.2. The van der Waals surface area contributed by atoms with Gasteiger partial charge >= 0.3 is 0 Å². The predicted octanol–water partition coefficient (Wildman–Crippen LogP) is 1.07. The molecule has 1 aromatic rings. The topological polar surface area (TPSA) is 69.2 Å². The summed E-state index contributed by atoms with van der Waals surface area (Å²) in [5.41, 5.74) is 7.08. The minimum absolute atomic E-state index is 0.511. The quantitative estimate of drug-likeness (QED) is 0.844. The van der Waals surface area contributed by atoms with Crippen LogP contribution in [-0.4, -0.2) is 43.1 Å². The fraction of sp³-hybridized carbons (Fsp3) is 0.538. The molecule has 1 aliphatic heterocycles. The first-order chi connectivity index (χ1) is 8.61. The molecule has 0 bridgehead atoms. The molecule has 2 rings (SSSR count). The minimum atomic E-state index is 0.511. The average molecular weight is 245 g/mol. The number of nitrogen functional groups attached to an aromatic ring is 1. The molecule has 2 heterocycles. The smallest absolute Gasteiger partial charge is 0.151 e. The van der Waals surface area contributed by atoms with Crippen molar-refractivity contribution < 1.29 is 0 Å². The van der Waals surface area contributed by atoms with Crippen molar-refractivity contribution in [1.82, 2.24) is 9.88 Å². The van der Waals surface area contributed by atoms with Crippen molar-refractivity contribution in [3.63, 3.8) is 0 Å². The summed E-state index contributed by atoms with van der Waals surface area (Å²) < 4.78 is 0. The second kappa shape index (κ2) is 5.23. The Labute approximate surface area is 108 Å². The summed E-state index contributed by atoms with van der Waals surface area (Å²) in [6, 6.07) is 4.29. The molecule has 1 aromatic heterocycles. The molecule has 5 heteroatoms. The summed E-state index contributed by atoms with van der Waals surface area (Å²) in [7, 11) is 4.20.